The number of hydrogen-bond acceptors (Lipinski definition) is 1. The summed E-state index contributed by atoms with van der Waals surface area (Å²) >= 11 is 0. The highest BCUT2D eigenvalue weighted by Crippen LogP contribution is 1.96. The second-order valence-electron chi connectivity index (χ2n) is 2.11. The molecule has 0 bridgehead atoms. The maximum Gasteiger partial charge on any atom is 0.0417 e. The lowest BCUT2D eigenvalue weighted by Gasteiger charge is -2.16. The quantitative estimate of drug-likeness (QED) is 0.525. The molecule has 0 heterocycles. The molecule has 0 aliphatic heterocycles. The molecule has 0 unspecified atom stereocenters. The van der Waals surface area contributed by atoms with Gasteiger partial charge in [0.25, 0.3) is 0 Å². The molecule has 56 valence electrons. The lowest BCUT2D eigenvalue weighted by molar-refractivity contribution is 0.435. The normalized spacial score (nSPS) is 8.50. The molecule has 0 amide bonds. The van der Waals surface area contributed by atoms with Crippen molar-refractivity contribution in [3.05, 3.63) is 37.6 Å². The van der Waals surface area contributed by atoms with Crippen molar-refractivity contribution in [1.29, 1.82) is 0 Å². The molecule has 0 spiro atoms. The van der Waals surface area contributed by atoms with Gasteiger partial charge >= 0.3 is 0 Å². The molecule has 0 aliphatic carbocycles. The molecule has 0 atom stereocenters. The Morgan fingerprint density at radius 2 is 2.10 bits per heavy atom. The SMILES string of the molecule is C=CC(=C)CN(C=C)CC. The van der Waals surface area contributed by atoms with E-state index >= 15 is 0 Å². The summed E-state index contributed by atoms with van der Waals surface area (Å²) in [6.07, 6.45) is 3.58. The summed E-state index contributed by atoms with van der Waals surface area (Å²) in [4.78, 5) is 2.07. The molecule has 0 saturated carbocycles. The second-order valence-corrected chi connectivity index (χ2v) is 2.11. The summed E-state index contributed by atoms with van der Waals surface area (Å²) in [5, 5.41) is 0. The van der Waals surface area contributed by atoms with E-state index in [1.165, 1.54) is 0 Å². The van der Waals surface area contributed by atoms with Crippen molar-refractivity contribution >= 4 is 0 Å². The minimum atomic E-state index is 0.837. The van der Waals surface area contributed by atoms with Crippen molar-refractivity contribution in [2.45, 2.75) is 6.92 Å². The third-order valence-electron chi connectivity index (χ3n) is 1.36. The predicted octanol–water partition coefficient (Wildman–Crippen LogP) is 2.19. The Kier molecular flexibility index (Phi) is 4.38. The van der Waals surface area contributed by atoms with E-state index in [2.05, 4.69) is 31.6 Å². The van der Waals surface area contributed by atoms with E-state index in [-0.39, 0.29) is 0 Å². The van der Waals surface area contributed by atoms with Crippen molar-refractivity contribution in [3.63, 3.8) is 0 Å². The smallest absolute Gasteiger partial charge is 0.0417 e. The lowest BCUT2D eigenvalue weighted by atomic mass is 10.3. The maximum atomic E-state index is 3.80. The summed E-state index contributed by atoms with van der Waals surface area (Å²) in [7, 11) is 0. The van der Waals surface area contributed by atoms with Crippen molar-refractivity contribution < 1.29 is 0 Å². The fourth-order valence-electron chi connectivity index (χ4n) is 0.631. The molecule has 0 aromatic rings. The Hall–Kier alpha value is -0.980. The molecule has 0 radical (unpaired) electrons. The minimum absolute atomic E-state index is 0.837. The second kappa shape index (κ2) is 4.86. The van der Waals surface area contributed by atoms with Crippen molar-refractivity contribution in [1.82, 2.24) is 4.90 Å². The van der Waals surface area contributed by atoms with E-state index in [4.69, 9.17) is 0 Å². The van der Waals surface area contributed by atoms with Gasteiger partial charge in [0.2, 0.25) is 0 Å². The van der Waals surface area contributed by atoms with Gasteiger partial charge in [0.15, 0.2) is 0 Å². The highest BCUT2D eigenvalue weighted by Gasteiger charge is 1.93. The highest BCUT2D eigenvalue weighted by atomic mass is 15.1. The number of rotatable bonds is 5. The molecule has 1 nitrogen and oxygen atoms in total. The van der Waals surface area contributed by atoms with Crippen LogP contribution in [0.4, 0.5) is 0 Å². The molecule has 0 fully saturated rings. The van der Waals surface area contributed by atoms with Crippen LogP contribution in [0.25, 0.3) is 0 Å². The summed E-state index contributed by atoms with van der Waals surface area (Å²) in [6, 6.07) is 0. The predicted molar refractivity (Wildman–Crippen MR) is 46.8 cm³/mol. The molecular formula is C9H15N. The van der Waals surface area contributed by atoms with E-state index in [0.717, 1.165) is 18.7 Å². The van der Waals surface area contributed by atoms with Crippen LogP contribution in [0.3, 0.4) is 0 Å². The van der Waals surface area contributed by atoms with Gasteiger partial charge < -0.3 is 4.90 Å². The fourth-order valence-corrected chi connectivity index (χ4v) is 0.631. The molecule has 10 heavy (non-hydrogen) atoms. The van der Waals surface area contributed by atoms with Crippen molar-refractivity contribution in [2.24, 2.45) is 0 Å². The number of likely N-dealkylation sites (N-methyl/N-ethyl adjacent to an activating group) is 1. The van der Waals surface area contributed by atoms with E-state index < -0.39 is 0 Å². The van der Waals surface area contributed by atoms with Crippen LogP contribution in [-0.2, 0) is 0 Å². The number of hydrogen-bond donors (Lipinski definition) is 0. The first-order valence-corrected chi connectivity index (χ1v) is 3.41. The molecular weight excluding hydrogens is 122 g/mol. The summed E-state index contributed by atoms with van der Waals surface area (Å²) < 4.78 is 0. The molecule has 0 N–H and O–H groups in total. The first-order chi connectivity index (χ1) is 4.74. The van der Waals surface area contributed by atoms with Crippen LogP contribution >= 0.6 is 0 Å². The molecule has 1 heteroatoms. The average molecular weight is 137 g/mol. The van der Waals surface area contributed by atoms with Gasteiger partial charge in [0, 0.05) is 13.1 Å². The van der Waals surface area contributed by atoms with Gasteiger partial charge in [0.05, 0.1) is 0 Å². The first kappa shape index (κ1) is 9.02. The molecule has 0 rings (SSSR count). The molecule has 0 aliphatic rings. The third kappa shape index (κ3) is 3.13. The van der Waals surface area contributed by atoms with Crippen LogP contribution in [0.15, 0.2) is 37.6 Å². The van der Waals surface area contributed by atoms with Crippen LogP contribution in [0.1, 0.15) is 6.92 Å². The van der Waals surface area contributed by atoms with E-state index in [1.54, 1.807) is 6.08 Å². The summed E-state index contributed by atoms with van der Waals surface area (Å²) in [5.41, 5.74) is 1.03. The Balaban J connectivity index is 3.73. The lowest BCUT2D eigenvalue weighted by Crippen LogP contribution is -2.17. The third-order valence-corrected chi connectivity index (χ3v) is 1.36. The van der Waals surface area contributed by atoms with Gasteiger partial charge in [-0.1, -0.05) is 25.8 Å². The highest BCUT2D eigenvalue weighted by molar-refractivity contribution is 5.13. The van der Waals surface area contributed by atoms with E-state index in [1.807, 2.05) is 6.20 Å². The van der Waals surface area contributed by atoms with Crippen LogP contribution in [-0.4, -0.2) is 18.0 Å². The van der Waals surface area contributed by atoms with Gasteiger partial charge in [-0.15, -0.1) is 0 Å². The Bertz CT molecular complexity index is 136. The zero-order valence-electron chi connectivity index (χ0n) is 6.64. The zero-order chi connectivity index (χ0) is 7.98. The minimum Gasteiger partial charge on any atom is -0.374 e. The monoisotopic (exact) mass is 137 g/mol. The van der Waals surface area contributed by atoms with Gasteiger partial charge in [-0.25, -0.2) is 0 Å². The van der Waals surface area contributed by atoms with Gasteiger partial charge in [-0.05, 0) is 18.7 Å². The standard InChI is InChI=1S/C9H15N/c1-5-9(4)8-10(6-2)7-3/h5-6H,1-2,4,7-8H2,3H3. The topological polar surface area (TPSA) is 3.24 Å². The largest absolute Gasteiger partial charge is 0.374 e. The number of nitrogens with zero attached hydrogens (tertiary/aromatic N) is 1. The summed E-state index contributed by atoms with van der Waals surface area (Å²) in [5.74, 6) is 0. The van der Waals surface area contributed by atoms with Gasteiger partial charge in [0.1, 0.15) is 0 Å². The van der Waals surface area contributed by atoms with Crippen molar-refractivity contribution in [2.75, 3.05) is 13.1 Å². The van der Waals surface area contributed by atoms with Gasteiger partial charge in [-0.2, -0.15) is 0 Å². The Morgan fingerprint density at radius 1 is 1.50 bits per heavy atom. The molecule has 0 saturated heterocycles. The maximum absolute atomic E-state index is 3.80. The van der Waals surface area contributed by atoms with Crippen LogP contribution < -0.4 is 0 Å². The zero-order valence-corrected chi connectivity index (χ0v) is 6.64. The fraction of sp³-hybridized carbons (Fsp3) is 0.333. The first-order valence-electron chi connectivity index (χ1n) is 3.41. The molecule has 0 aromatic heterocycles. The van der Waals surface area contributed by atoms with Crippen LogP contribution in [0.5, 0.6) is 0 Å². The van der Waals surface area contributed by atoms with Gasteiger partial charge in [-0.3, -0.25) is 0 Å². The van der Waals surface area contributed by atoms with Crippen molar-refractivity contribution in [3.8, 4) is 0 Å². The van der Waals surface area contributed by atoms with Crippen LogP contribution in [0, 0.1) is 0 Å². The molecule has 0 aromatic carbocycles. The Labute approximate surface area is 63.3 Å². The Morgan fingerprint density at radius 3 is 2.40 bits per heavy atom. The summed E-state index contributed by atoms with van der Waals surface area (Å²) in [6.45, 7) is 15.0. The van der Waals surface area contributed by atoms with E-state index in [9.17, 15) is 0 Å². The average Bonchev–Trinajstić information content (AvgIpc) is 1.99. The van der Waals surface area contributed by atoms with E-state index in [0.29, 0.717) is 0 Å². The van der Waals surface area contributed by atoms with Crippen LogP contribution in [0.2, 0.25) is 0 Å².